The Kier molecular flexibility index (Phi) is 6.46. The molecule has 5 heteroatoms. The lowest BCUT2D eigenvalue weighted by Crippen LogP contribution is -2.27. The molecule has 0 saturated heterocycles. The Morgan fingerprint density at radius 2 is 1.96 bits per heavy atom. The molecule has 0 atom stereocenters. The van der Waals surface area contributed by atoms with Gasteiger partial charge in [-0.25, -0.2) is 0 Å². The number of carbonyl (C=O) groups is 1. The van der Waals surface area contributed by atoms with E-state index in [4.69, 9.17) is 16.9 Å². The maximum atomic E-state index is 11.8. The van der Waals surface area contributed by atoms with Crippen LogP contribution in [0.3, 0.4) is 0 Å². The van der Waals surface area contributed by atoms with Crippen LogP contribution in [-0.2, 0) is 11.2 Å². The van der Waals surface area contributed by atoms with Gasteiger partial charge in [0.1, 0.15) is 0 Å². The van der Waals surface area contributed by atoms with Gasteiger partial charge in [-0.05, 0) is 42.3 Å². The van der Waals surface area contributed by atoms with Gasteiger partial charge in [-0.15, -0.1) is 0 Å². The van der Waals surface area contributed by atoms with E-state index in [0.717, 1.165) is 17.7 Å². The number of benzene rings is 2. The Hall–Kier alpha value is -2.51. The fourth-order valence-electron chi connectivity index (χ4n) is 2.15. The molecule has 2 aromatic rings. The Balaban J connectivity index is 1.66. The smallest absolute Gasteiger partial charge is 0.221 e. The molecule has 0 radical (unpaired) electrons. The van der Waals surface area contributed by atoms with Gasteiger partial charge in [0.2, 0.25) is 5.91 Å². The fraction of sp³-hybridized carbons (Fsp3) is 0.222. The maximum absolute atomic E-state index is 11.8. The summed E-state index contributed by atoms with van der Waals surface area (Å²) in [6, 6.07) is 16.9. The predicted octanol–water partition coefficient (Wildman–Crippen LogP) is 3.37. The van der Waals surface area contributed by atoms with Gasteiger partial charge in [-0.2, -0.15) is 5.26 Å². The predicted molar refractivity (Wildman–Crippen MR) is 92.4 cm³/mol. The van der Waals surface area contributed by atoms with Crippen LogP contribution in [0, 0.1) is 11.3 Å². The zero-order valence-electron chi connectivity index (χ0n) is 12.7. The van der Waals surface area contributed by atoms with E-state index in [0.29, 0.717) is 30.1 Å². The summed E-state index contributed by atoms with van der Waals surface area (Å²) in [5.41, 5.74) is 2.54. The van der Waals surface area contributed by atoms with Crippen LogP contribution in [0.4, 0.5) is 5.69 Å². The van der Waals surface area contributed by atoms with E-state index >= 15 is 0 Å². The lowest BCUT2D eigenvalue weighted by Gasteiger charge is -2.08. The molecule has 0 aliphatic rings. The zero-order chi connectivity index (χ0) is 16.5. The average molecular weight is 328 g/mol. The Morgan fingerprint density at radius 3 is 2.74 bits per heavy atom. The second kappa shape index (κ2) is 8.82. The number of halogens is 1. The van der Waals surface area contributed by atoms with Crippen molar-refractivity contribution >= 4 is 23.2 Å². The van der Waals surface area contributed by atoms with Crippen LogP contribution in [0.25, 0.3) is 0 Å². The third-order valence-corrected chi connectivity index (χ3v) is 3.53. The molecule has 0 heterocycles. The van der Waals surface area contributed by atoms with Crippen LogP contribution in [0.5, 0.6) is 0 Å². The van der Waals surface area contributed by atoms with Gasteiger partial charge in [0.25, 0.3) is 0 Å². The van der Waals surface area contributed by atoms with Crippen molar-refractivity contribution in [3.8, 4) is 6.07 Å². The number of nitriles is 1. The summed E-state index contributed by atoms with van der Waals surface area (Å²) < 4.78 is 0. The Bertz CT molecular complexity index is 709. The van der Waals surface area contributed by atoms with Gasteiger partial charge < -0.3 is 10.6 Å². The van der Waals surface area contributed by atoms with Gasteiger partial charge in [0.15, 0.2) is 0 Å². The highest BCUT2D eigenvalue weighted by Gasteiger charge is 2.02. The molecule has 0 saturated carbocycles. The quantitative estimate of drug-likeness (QED) is 0.819. The molecule has 2 N–H and O–H groups in total. The van der Waals surface area contributed by atoms with Crippen molar-refractivity contribution in [1.82, 2.24) is 5.32 Å². The molecule has 118 valence electrons. The molecule has 2 aromatic carbocycles. The first-order chi connectivity index (χ1) is 11.2. The van der Waals surface area contributed by atoms with Crippen molar-refractivity contribution in [3.63, 3.8) is 0 Å². The molecule has 23 heavy (non-hydrogen) atoms. The summed E-state index contributed by atoms with van der Waals surface area (Å²) in [6.45, 7) is 1.11. The van der Waals surface area contributed by atoms with Crippen molar-refractivity contribution in [2.75, 3.05) is 18.4 Å². The highest BCUT2D eigenvalue weighted by molar-refractivity contribution is 6.30. The molecular formula is C18H18ClN3O. The third-order valence-electron chi connectivity index (χ3n) is 3.30. The number of carbonyl (C=O) groups excluding carboxylic acids is 1. The minimum atomic E-state index is -0.00374. The van der Waals surface area contributed by atoms with E-state index in [-0.39, 0.29) is 5.91 Å². The summed E-state index contributed by atoms with van der Waals surface area (Å²) >= 11 is 5.92. The van der Waals surface area contributed by atoms with E-state index in [2.05, 4.69) is 16.7 Å². The Morgan fingerprint density at radius 1 is 1.13 bits per heavy atom. The van der Waals surface area contributed by atoms with Crippen molar-refractivity contribution in [1.29, 1.82) is 5.26 Å². The highest BCUT2D eigenvalue weighted by Crippen LogP contribution is 2.11. The third kappa shape index (κ3) is 6.01. The second-order valence-electron chi connectivity index (χ2n) is 5.10. The molecule has 0 aromatic heterocycles. The summed E-state index contributed by atoms with van der Waals surface area (Å²) in [4.78, 5) is 11.8. The molecule has 4 nitrogen and oxygen atoms in total. The van der Waals surface area contributed by atoms with E-state index in [1.165, 1.54) is 0 Å². The van der Waals surface area contributed by atoms with E-state index in [9.17, 15) is 4.79 Å². The highest BCUT2D eigenvalue weighted by atomic mass is 35.5. The molecule has 1 amide bonds. The molecule has 0 aliphatic heterocycles. The molecule has 2 rings (SSSR count). The number of hydrogen-bond donors (Lipinski definition) is 2. The first-order valence-electron chi connectivity index (χ1n) is 7.42. The summed E-state index contributed by atoms with van der Waals surface area (Å²) in [5.74, 6) is -0.00374. The maximum Gasteiger partial charge on any atom is 0.221 e. The van der Waals surface area contributed by atoms with E-state index in [1.807, 2.05) is 36.4 Å². The molecule has 0 bridgehead atoms. The number of anilines is 1. The van der Waals surface area contributed by atoms with Crippen LogP contribution >= 0.6 is 11.6 Å². The van der Waals surface area contributed by atoms with Crippen molar-refractivity contribution in [3.05, 3.63) is 64.7 Å². The second-order valence-corrected chi connectivity index (χ2v) is 5.54. The summed E-state index contributed by atoms with van der Waals surface area (Å²) in [6.07, 6.45) is 1.14. The number of nitrogens with zero attached hydrogens (tertiary/aromatic N) is 1. The molecule has 0 aliphatic carbocycles. The van der Waals surface area contributed by atoms with Crippen LogP contribution in [0.2, 0.25) is 5.02 Å². The van der Waals surface area contributed by atoms with Crippen molar-refractivity contribution < 1.29 is 4.79 Å². The van der Waals surface area contributed by atoms with Crippen LogP contribution in [0.15, 0.2) is 48.5 Å². The zero-order valence-corrected chi connectivity index (χ0v) is 13.4. The SMILES string of the molecule is N#Cc1cccc(NCCC(=O)NCCc2cccc(Cl)c2)c1. The molecular weight excluding hydrogens is 310 g/mol. The molecule has 0 unspecified atom stereocenters. The van der Waals surface area contributed by atoms with Gasteiger partial charge in [0.05, 0.1) is 11.6 Å². The number of rotatable bonds is 7. The van der Waals surface area contributed by atoms with Gasteiger partial charge >= 0.3 is 0 Å². The number of hydrogen-bond acceptors (Lipinski definition) is 3. The monoisotopic (exact) mass is 327 g/mol. The van der Waals surface area contributed by atoms with Crippen LogP contribution in [0.1, 0.15) is 17.5 Å². The van der Waals surface area contributed by atoms with E-state index < -0.39 is 0 Å². The lowest BCUT2D eigenvalue weighted by molar-refractivity contribution is -0.120. The standard InChI is InChI=1S/C18H18ClN3O/c19-16-5-1-3-14(11-16)7-9-22-18(23)8-10-21-17-6-2-4-15(12-17)13-20/h1-6,11-12,21H,7-10H2,(H,22,23). The van der Waals surface area contributed by atoms with Gasteiger partial charge in [-0.1, -0.05) is 29.8 Å². The molecule has 0 spiro atoms. The van der Waals surface area contributed by atoms with Crippen LogP contribution in [-0.4, -0.2) is 19.0 Å². The summed E-state index contributed by atoms with van der Waals surface area (Å²) in [5, 5.41) is 15.6. The molecule has 0 fully saturated rings. The fourth-order valence-corrected chi connectivity index (χ4v) is 2.36. The number of nitrogens with one attached hydrogen (secondary N) is 2. The first kappa shape index (κ1) is 16.9. The van der Waals surface area contributed by atoms with Gasteiger partial charge in [-0.3, -0.25) is 4.79 Å². The van der Waals surface area contributed by atoms with Crippen LogP contribution < -0.4 is 10.6 Å². The first-order valence-corrected chi connectivity index (χ1v) is 7.80. The topological polar surface area (TPSA) is 64.9 Å². The largest absolute Gasteiger partial charge is 0.384 e. The minimum Gasteiger partial charge on any atom is -0.384 e. The van der Waals surface area contributed by atoms with E-state index in [1.54, 1.807) is 12.1 Å². The normalized spacial score (nSPS) is 9.91. The minimum absolute atomic E-state index is 0.00374. The van der Waals surface area contributed by atoms with Crippen molar-refractivity contribution in [2.24, 2.45) is 0 Å². The van der Waals surface area contributed by atoms with Crippen molar-refractivity contribution in [2.45, 2.75) is 12.8 Å². The number of amides is 1. The Labute approximate surface area is 141 Å². The summed E-state index contributed by atoms with van der Waals surface area (Å²) in [7, 11) is 0. The average Bonchev–Trinajstić information content (AvgIpc) is 2.55. The lowest BCUT2D eigenvalue weighted by atomic mass is 10.1. The van der Waals surface area contributed by atoms with Gasteiger partial charge in [0, 0.05) is 30.2 Å².